The first-order chi connectivity index (χ1) is 27.0. The van der Waals surface area contributed by atoms with Crippen molar-refractivity contribution >= 4 is 49.6 Å². The van der Waals surface area contributed by atoms with Crippen molar-refractivity contribution in [2.75, 3.05) is 41.0 Å². The van der Waals surface area contributed by atoms with Crippen LogP contribution in [0.2, 0.25) is 0 Å². The Labute approximate surface area is 325 Å². The number of nitrogen functional groups attached to an aromatic ring is 1. The molecule has 0 aromatic heterocycles. The molecule has 13 nitrogen and oxygen atoms in total. The van der Waals surface area contributed by atoms with Crippen LogP contribution in [0.15, 0.2) is 91.0 Å². The Bertz CT molecular complexity index is 2410. The van der Waals surface area contributed by atoms with Crippen molar-refractivity contribution in [2.45, 2.75) is 45.1 Å². The highest BCUT2D eigenvalue weighted by Gasteiger charge is 2.39. The third-order valence-electron chi connectivity index (χ3n) is 10.5. The zero-order chi connectivity index (χ0) is 39.2. The number of amides is 2. The molecule has 14 heteroatoms. The summed E-state index contributed by atoms with van der Waals surface area (Å²) in [6.07, 6.45) is 1.49. The van der Waals surface area contributed by atoms with Gasteiger partial charge in [0.2, 0.25) is 0 Å². The van der Waals surface area contributed by atoms with Gasteiger partial charge in [-0.1, -0.05) is 36.4 Å². The number of nitrogens with two attached hydrogens (primary N) is 1. The molecule has 286 valence electrons. The lowest BCUT2D eigenvalue weighted by Gasteiger charge is -2.24. The number of carbonyl (C=O) groups excluding carboxylic acids is 2. The molecule has 0 saturated heterocycles. The molecule has 0 radical (unpaired) electrons. The van der Waals surface area contributed by atoms with Crippen LogP contribution in [0.3, 0.4) is 0 Å². The molecular formula is C42H40N5O8P. The minimum atomic E-state index is -0.478. The van der Waals surface area contributed by atoms with Crippen molar-refractivity contribution in [1.82, 2.24) is 0 Å². The van der Waals surface area contributed by atoms with Crippen LogP contribution in [0.25, 0.3) is 0 Å². The summed E-state index contributed by atoms with van der Waals surface area (Å²) >= 11 is 0. The number of nitrogens with zero attached hydrogens (tertiary/aromatic N) is 4. The predicted molar refractivity (Wildman–Crippen MR) is 216 cm³/mol. The van der Waals surface area contributed by atoms with Crippen molar-refractivity contribution in [3.63, 3.8) is 0 Å². The second kappa shape index (κ2) is 14.7. The average molecular weight is 774 g/mol. The van der Waals surface area contributed by atoms with E-state index in [1.807, 2.05) is 59.0 Å². The van der Waals surface area contributed by atoms with Gasteiger partial charge in [-0.2, -0.15) is 0 Å². The van der Waals surface area contributed by atoms with Gasteiger partial charge in [-0.05, 0) is 81.7 Å². The number of hydrogen-bond donors (Lipinski definition) is 1. The average Bonchev–Trinajstić information content (AvgIpc) is 3.71. The van der Waals surface area contributed by atoms with E-state index in [9.17, 15) is 19.7 Å². The summed E-state index contributed by atoms with van der Waals surface area (Å²) in [6.45, 7) is 2.47. The monoisotopic (exact) mass is 773 g/mol. The maximum absolute atomic E-state index is 14.0. The smallest absolute Gasteiger partial charge is 0.270 e. The van der Waals surface area contributed by atoms with Gasteiger partial charge in [-0.25, -0.2) is 0 Å². The van der Waals surface area contributed by atoms with Gasteiger partial charge in [0.05, 0.1) is 42.0 Å². The van der Waals surface area contributed by atoms with Crippen LogP contribution in [-0.2, 0) is 26.1 Å². The quantitative estimate of drug-likeness (QED) is 0.0673. The van der Waals surface area contributed by atoms with Gasteiger partial charge >= 0.3 is 0 Å². The number of ether oxygens (including phenoxy) is 4. The lowest BCUT2D eigenvalue weighted by atomic mass is 10.1. The Kier molecular flexibility index (Phi) is 9.63. The Hall–Kier alpha value is -6.33. The van der Waals surface area contributed by atoms with E-state index in [2.05, 4.69) is 15.5 Å². The van der Waals surface area contributed by atoms with Crippen LogP contribution in [0.5, 0.6) is 23.0 Å². The number of benzene rings is 5. The molecule has 3 aliphatic heterocycles. The summed E-state index contributed by atoms with van der Waals surface area (Å²) in [4.78, 5) is 42.9. The summed E-state index contributed by atoms with van der Waals surface area (Å²) in [5, 5.41) is 12.0. The molecule has 0 bridgehead atoms. The number of carbonyl (C=O) groups is 2. The maximum atomic E-state index is 14.0. The Morgan fingerprint density at radius 1 is 0.821 bits per heavy atom. The second-order valence-electron chi connectivity index (χ2n) is 14.1. The number of fused-ring (bicyclic) bond motifs is 5. The lowest BCUT2D eigenvalue weighted by molar-refractivity contribution is -0.385. The van der Waals surface area contributed by atoms with Gasteiger partial charge in [-0.3, -0.25) is 19.7 Å². The van der Waals surface area contributed by atoms with E-state index >= 15 is 0 Å². The molecular weight excluding hydrogens is 733 g/mol. The van der Waals surface area contributed by atoms with Crippen molar-refractivity contribution < 1.29 is 33.5 Å². The van der Waals surface area contributed by atoms with E-state index in [0.717, 1.165) is 35.3 Å². The fraction of sp³-hybridized carbons (Fsp3) is 0.238. The first kappa shape index (κ1) is 36.6. The minimum absolute atomic E-state index is 0.0398. The highest BCUT2D eigenvalue weighted by Crippen LogP contribution is 2.44. The maximum Gasteiger partial charge on any atom is 0.270 e. The molecule has 5 aromatic carbocycles. The molecule has 8 rings (SSSR count). The first-order valence-corrected chi connectivity index (χ1v) is 18.6. The Morgan fingerprint density at radius 3 is 2.09 bits per heavy atom. The lowest BCUT2D eigenvalue weighted by Crippen LogP contribution is -2.40. The van der Waals surface area contributed by atoms with Crippen LogP contribution < -0.4 is 39.2 Å². The van der Waals surface area contributed by atoms with Crippen molar-refractivity contribution in [2.24, 2.45) is 0 Å². The highest BCUT2D eigenvalue weighted by molar-refractivity contribution is 7.19. The van der Waals surface area contributed by atoms with Gasteiger partial charge in [0, 0.05) is 53.9 Å². The number of hydrogen-bond acceptors (Lipinski definition) is 10. The molecule has 3 atom stereocenters. The number of anilines is 4. The molecule has 5 aromatic rings. The van der Waals surface area contributed by atoms with Crippen LogP contribution in [0, 0.1) is 10.1 Å². The number of methoxy groups -OCH3 is 2. The predicted octanol–water partition coefficient (Wildman–Crippen LogP) is 7.13. The van der Waals surface area contributed by atoms with Gasteiger partial charge in [-0.15, -0.1) is 0 Å². The van der Waals surface area contributed by atoms with E-state index in [0.29, 0.717) is 46.2 Å². The molecule has 2 amide bonds. The van der Waals surface area contributed by atoms with E-state index in [-0.39, 0.29) is 59.8 Å². The molecule has 56 heavy (non-hydrogen) atoms. The SMILES string of the molecule is COc1cc(C(=O)N2c3ccccc3C[C@H]2C)c(N)cc1OCc1cc(COc2cc3c(cc2OC)C(=O)N2c4ccccc4C[C@H]2CN3P)cc([N+](=O)[O-])c1. The third-order valence-corrected chi connectivity index (χ3v) is 11.0. The number of non-ortho nitro benzene ring substituents is 1. The normalized spacial score (nSPS) is 16.7. The zero-order valence-electron chi connectivity index (χ0n) is 31.1. The van der Waals surface area contributed by atoms with Crippen LogP contribution in [0.1, 0.15) is 49.9 Å². The second-order valence-corrected chi connectivity index (χ2v) is 14.7. The molecule has 0 saturated carbocycles. The molecule has 2 N–H and O–H groups in total. The van der Waals surface area contributed by atoms with Crippen molar-refractivity contribution in [3.8, 4) is 23.0 Å². The van der Waals surface area contributed by atoms with Crippen molar-refractivity contribution in [1.29, 1.82) is 0 Å². The van der Waals surface area contributed by atoms with Gasteiger partial charge in [0.1, 0.15) is 13.2 Å². The van der Waals surface area contributed by atoms with Gasteiger partial charge in [0.25, 0.3) is 17.5 Å². The summed E-state index contributed by atoms with van der Waals surface area (Å²) < 4.78 is 25.6. The Morgan fingerprint density at radius 2 is 1.43 bits per heavy atom. The summed E-state index contributed by atoms with van der Waals surface area (Å²) in [5.74, 6) is 0.918. The van der Waals surface area contributed by atoms with Crippen LogP contribution in [-0.4, -0.2) is 49.6 Å². The summed E-state index contributed by atoms with van der Waals surface area (Å²) in [7, 11) is 5.68. The number of rotatable bonds is 10. The summed E-state index contributed by atoms with van der Waals surface area (Å²) in [5.41, 5.74) is 12.9. The topological polar surface area (TPSA) is 150 Å². The standard InChI is InChI=1S/C42H40N5O8P/c1-24-12-27-8-4-6-10-34(27)45(24)41(48)31-17-37(52-2)39(19-33(31)43)54-22-25-13-26(15-29(14-25)47(50)51)23-55-40-20-36-32(18-38(40)53-3)42(49)46-30(21-44(36)56)16-28-9-5-7-11-35(28)46/h4-11,13-15,17-20,24,30H,12,16,21-23,43,56H2,1-3H3/t24-,30+/m1/s1. The molecule has 1 unspecified atom stereocenters. The fourth-order valence-electron chi connectivity index (χ4n) is 7.94. The molecule has 0 aliphatic carbocycles. The van der Waals surface area contributed by atoms with E-state index in [4.69, 9.17) is 24.7 Å². The summed E-state index contributed by atoms with van der Waals surface area (Å²) in [6, 6.07) is 26.8. The number of nitro benzene ring substituents is 1. The zero-order valence-corrected chi connectivity index (χ0v) is 32.2. The fourth-order valence-corrected chi connectivity index (χ4v) is 8.40. The van der Waals surface area contributed by atoms with Gasteiger partial charge in [0.15, 0.2) is 23.0 Å². The first-order valence-electron chi connectivity index (χ1n) is 18.1. The highest BCUT2D eigenvalue weighted by atomic mass is 31.0. The minimum Gasteiger partial charge on any atom is -0.493 e. The van der Waals surface area contributed by atoms with E-state index in [1.165, 1.54) is 32.4 Å². The Balaban J connectivity index is 1.01. The number of para-hydroxylation sites is 2. The van der Waals surface area contributed by atoms with Crippen LogP contribution >= 0.6 is 9.39 Å². The molecule has 3 heterocycles. The van der Waals surface area contributed by atoms with Gasteiger partial charge < -0.3 is 39.2 Å². The van der Waals surface area contributed by atoms with Crippen LogP contribution in [0.4, 0.5) is 28.4 Å². The number of nitro groups is 1. The molecule has 0 fully saturated rings. The van der Waals surface area contributed by atoms with E-state index in [1.54, 1.807) is 29.2 Å². The van der Waals surface area contributed by atoms with Crippen molar-refractivity contribution in [3.05, 3.63) is 134 Å². The molecule has 3 aliphatic rings. The van der Waals surface area contributed by atoms with E-state index < -0.39 is 4.92 Å². The molecule has 0 spiro atoms. The largest absolute Gasteiger partial charge is 0.493 e. The third kappa shape index (κ3) is 6.57.